The first-order valence-electron chi connectivity index (χ1n) is 7.57. The van der Waals surface area contributed by atoms with Crippen LogP contribution in [0.15, 0.2) is 18.2 Å². The standard InChI is InChI=1S/C17H30N2O/c1-6-12-20-17-10-9-15(8-7-11-18(2)3)13-16(17)14-19(4)5/h9-10,13H,6-8,11-12,14H2,1-5H3. The van der Waals surface area contributed by atoms with Gasteiger partial charge < -0.3 is 14.5 Å². The quantitative estimate of drug-likeness (QED) is 0.690. The molecule has 0 aliphatic rings. The lowest BCUT2D eigenvalue weighted by atomic mass is 10.0. The summed E-state index contributed by atoms with van der Waals surface area (Å²) in [5.74, 6) is 1.04. The molecule has 1 aromatic carbocycles. The Hall–Kier alpha value is -1.06. The predicted molar refractivity (Wildman–Crippen MR) is 86.5 cm³/mol. The molecule has 0 aromatic heterocycles. The highest BCUT2D eigenvalue weighted by Gasteiger charge is 2.07. The van der Waals surface area contributed by atoms with E-state index in [2.05, 4.69) is 63.1 Å². The molecule has 0 fully saturated rings. The molecule has 0 spiro atoms. The lowest BCUT2D eigenvalue weighted by Gasteiger charge is -2.16. The van der Waals surface area contributed by atoms with Crippen LogP contribution in [0.25, 0.3) is 0 Å². The van der Waals surface area contributed by atoms with Crippen molar-refractivity contribution in [3.8, 4) is 5.75 Å². The maximum atomic E-state index is 5.85. The van der Waals surface area contributed by atoms with E-state index in [0.29, 0.717) is 0 Å². The molecule has 1 rings (SSSR count). The van der Waals surface area contributed by atoms with Crippen LogP contribution in [0, 0.1) is 0 Å². The van der Waals surface area contributed by atoms with E-state index in [1.807, 2.05) is 0 Å². The Balaban J connectivity index is 2.72. The number of rotatable bonds is 9. The number of hydrogen-bond acceptors (Lipinski definition) is 3. The Morgan fingerprint density at radius 3 is 2.40 bits per heavy atom. The lowest BCUT2D eigenvalue weighted by molar-refractivity contribution is 0.306. The smallest absolute Gasteiger partial charge is 0.123 e. The van der Waals surface area contributed by atoms with Gasteiger partial charge in [0, 0.05) is 12.1 Å². The predicted octanol–water partition coefficient (Wildman–Crippen LogP) is 3.03. The van der Waals surface area contributed by atoms with Crippen LogP contribution in [-0.4, -0.2) is 51.1 Å². The summed E-state index contributed by atoms with van der Waals surface area (Å²) < 4.78 is 5.85. The van der Waals surface area contributed by atoms with E-state index in [1.165, 1.54) is 17.5 Å². The number of benzene rings is 1. The molecule has 114 valence electrons. The molecule has 0 aliphatic carbocycles. The number of ether oxygens (including phenoxy) is 1. The minimum Gasteiger partial charge on any atom is -0.493 e. The average Bonchev–Trinajstić information content (AvgIpc) is 2.36. The van der Waals surface area contributed by atoms with Crippen molar-refractivity contribution in [1.29, 1.82) is 0 Å². The van der Waals surface area contributed by atoms with Crippen LogP contribution in [0.5, 0.6) is 5.75 Å². The summed E-state index contributed by atoms with van der Waals surface area (Å²) in [6, 6.07) is 6.65. The molecule has 1 aromatic rings. The fourth-order valence-corrected chi connectivity index (χ4v) is 2.20. The second-order valence-corrected chi connectivity index (χ2v) is 5.94. The molecular formula is C17H30N2O. The molecule has 0 radical (unpaired) electrons. The summed E-state index contributed by atoms with van der Waals surface area (Å²) in [7, 11) is 8.45. The molecule has 0 N–H and O–H groups in total. The summed E-state index contributed by atoms with van der Waals surface area (Å²) in [5, 5.41) is 0. The van der Waals surface area contributed by atoms with Gasteiger partial charge in [-0.05, 0) is 65.6 Å². The zero-order valence-corrected chi connectivity index (χ0v) is 13.8. The topological polar surface area (TPSA) is 15.7 Å². The van der Waals surface area contributed by atoms with Crippen LogP contribution in [0.4, 0.5) is 0 Å². The highest BCUT2D eigenvalue weighted by Crippen LogP contribution is 2.22. The van der Waals surface area contributed by atoms with E-state index in [4.69, 9.17) is 4.74 Å². The Bertz CT molecular complexity index is 389. The summed E-state index contributed by atoms with van der Waals surface area (Å²) in [6.45, 7) is 5.00. The van der Waals surface area contributed by atoms with Crippen molar-refractivity contribution in [2.75, 3.05) is 41.3 Å². The minimum absolute atomic E-state index is 0.792. The Morgan fingerprint density at radius 2 is 1.80 bits per heavy atom. The maximum Gasteiger partial charge on any atom is 0.123 e. The molecule has 0 saturated carbocycles. The fraction of sp³-hybridized carbons (Fsp3) is 0.647. The second kappa shape index (κ2) is 8.98. The van der Waals surface area contributed by atoms with Gasteiger partial charge in [-0.3, -0.25) is 0 Å². The molecule has 0 atom stereocenters. The van der Waals surface area contributed by atoms with E-state index < -0.39 is 0 Å². The van der Waals surface area contributed by atoms with Crippen molar-refractivity contribution in [1.82, 2.24) is 9.80 Å². The second-order valence-electron chi connectivity index (χ2n) is 5.94. The molecule has 0 aliphatic heterocycles. The fourth-order valence-electron chi connectivity index (χ4n) is 2.20. The van der Waals surface area contributed by atoms with E-state index in [9.17, 15) is 0 Å². The van der Waals surface area contributed by atoms with Crippen LogP contribution in [0.1, 0.15) is 30.9 Å². The molecule has 3 heteroatoms. The summed E-state index contributed by atoms with van der Waals surface area (Å²) in [6.07, 6.45) is 3.38. The van der Waals surface area contributed by atoms with E-state index in [1.54, 1.807) is 0 Å². The van der Waals surface area contributed by atoms with Crippen molar-refractivity contribution in [2.24, 2.45) is 0 Å². The summed E-state index contributed by atoms with van der Waals surface area (Å²) >= 11 is 0. The van der Waals surface area contributed by atoms with Crippen LogP contribution < -0.4 is 4.74 Å². The Morgan fingerprint density at radius 1 is 1.05 bits per heavy atom. The Kier molecular flexibility index (Phi) is 7.63. The van der Waals surface area contributed by atoms with Crippen molar-refractivity contribution in [3.63, 3.8) is 0 Å². The van der Waals surface area contributed by atoms with Crippen molar-refractivity contribution < 1.29 is 4.74 Å². The normalized spacial score (nSPS) is 11.3. The zero-order chi connectivity index (χ0) is 15.0. The first-order valence-corrected chi connectivity index (χ1v) is 7.57. The molecule has 0 amide bonds. The molecule has 0 bridgehead atoms. The van der Waals surface area contributed by atoms with Gasteiger partial charge >= 0.3 is 0 Å². The highest BCUT2D eigenvalue weighted by atomic mass is 16.5. The van der Waals surface area contributed by atoms with Crippen LogP contribution in [-0.2, 0) is 13.0 Å². The van der Waals surface area contributed by atoms with Crippen LogP contribution in [0.3, 0.4) is 0 Å². The van der Waals surface area contributed by atoms with Gasteiger partial charge in [0.05, 0.1) is 6.61 Å². The molecule has 0 unspecified atom stereocenters. The first-order chi connectivity index (χ1) is 9.52. The van der Waals surface area contributed by atoms with Gasteiger partial charge in [0.2, 0.25) is 0 Å². The maximum absolute atomic E-state index is 5.85. The monoisotopic (exact) mass is 278 g/mol. The van der Waals surface area contributed by atoms with Gasteiger partial charge in [0.25, 0.3) is 0 Å². The molecular weight excluding hydrogens is 248 g/mol. The van der Waals surface area contributed by atoms with E-state index in [-0.39, 0.29) is 0 Å². The zero-order valence-electron chi connectivity index (χ0n) is 13.8. The average molecular weight is 278 g/mol. The van der Waals surface area contributed by atoms with Gasteiger partial charge in [-0.1, -0.05) is 19.1 Å². The van der Waals surface area contributed by atoms with E-state index >= 15 is 0 Å². The van der Waals surface area contributed by atoms with Gasteiger partial charge in [-0.25, -0.2) is 0 Å². The van der Waals surface area contributed by atoms with E-state index in [0.717, 1.165) is 38.3 Å². The summed E-state index contributed by atoms with van der Waals surface area (Å²) in [5.41, 5.74) is 2.71. The lowest BCUT2D eigenvalue weighted by Crippen LogP contribution is -2.14. The minimum atomic E-state index is 0.792. The number of nitrogens with zero attached hydrogens (tertiary/aromatic N) is 2. The molecule has 3 nitrogen and oxygen atoms in total. The Labute approximate surface area is 124 Å². The first kappa shape index (κ1) is 17.0. The molecule has 0 heterocycles. The molecule has 20 heavy (non-hydrogen) atoms. The summed E-state index contributed by atoms with van der Waals surface area (Å²) in [4.78, 5) is 4.43. The van der Waals surface area contributed by atoms with Crippen LogP contribution >= 0.6 is 0 Å². The SMILES string of the molecule is CCCOc1ccc(CCCN(C)C)cc1CN(C)C. The number of hydrogen-bond donors (Lipinski definition) is 0. The van der Waals surface area contributed by atoms with Crippen molar-refractivity contribution >= 4 is 0 Å². The third kappa shape index (κ3) is 6.40. The van der Waals surface area contributed by atoms with Gasteiger partial charge in [0.1, 0.15) is 5.75 Å². The number of aryl methyl sites for hydroxylation is 1. The van der Waals surface area contributed by atoms with Gasteiger partial charge in [0.15, 0.2) is 0 Å². The highest BCUT2D eigenvalue weighted by molar-refractivity contribution is 5.37. The third-order valence-corrected chi connectivity index (χ3v) is 3.14. The third-order valence-electron chi connectivity index (χ3n) is 3.14. The van der Waals surface area contributed by atoms with Gasteiger partial charge in [-0.15, -0.1) is 0 Å². The van der Waals surface area contributed by atoms with Crippen LogP contribution in [0.2, 0.25) is 0 Å². The van der Waals surface area contributed by atoms with Gasteiger partial charge in [-0.2, -0.15) is 0 Å². The van der Waals surface area contributed by atoms with Crippen molar-refractivity contribution in [2.45, 2.75) is 32.7 Å². The largest absolute Gasteiger partial charge is 0.493 e. The molecule has 0 saturated heterocycles. The van der Waals surface area contributed by atoms with Crippen molar-refractivity contribution in [3.05, 3.63) is 29.3 Å².